The molecular formula is C17H26N4O. The summed E-state index contributed by atoms with van der Waals surface area (Å²) >= 11 is 0. The van der Waals surface area contributed by atoms with E-state index in [1.165, 1.54) is 45.2 Å². The summed E-state index contributed by atoms with van der Waals surface area (Å²) in [6.45, 7) is 6.17. The number of aromatic nitrogens is 2. The van der Waals surface area contributed by atoms with Crippen molar-refractivity contribution in [3.63, 3.8) is 0 Å². The normalized spacial score (nSPS) is 29.4. The molecule has 1 aromatic rings. The fraction of sp³-hybridized carbons (Fsp3) is 0.765. The average Bonchev–Trinajstić information content (AvgIpc) is 2.70. The van der Waals surface area contributed by atoms with Gasteiger partial charge in [0, 0.05) is 37.9 Å². The molecule has 0 spiro atoms. The highest BCUT2D eigenvalue weighted by Gasteiger charge is 2.38. The summed E-state index contributed by atoms with van der Waals surface area (Å²) in [6, 6.07) is 2.42. The van der Waals surface area contributed by atoms with Crippen molar-refractivity contribution < 1.29 is 4.79 Å². The third-order valence-corrected chi connectivity index (χ3v) is 5.76. The Bertz CT molecular complexity index is 551. The lowest BCUT2D eigenvalue weighted by Gasteiger charge is -2.40. The zero-order valence-electron chi connectivity index (χ0n) is 13.4. The minimum absolute atomic E-state index is 0.103. The molecule has 5 rings (SSSR count). The van der Waals surface area contributed by atoms with Crippen LogP contribution < -0.4 is 0 Å². The van der Waals surface area contributed by atoms with Gasteiger partial charge in [-0.25, -0.2) is 0 Å². The Morgan fingerprint density at radius 2 is 2.14 bits per heavy atom. The van der Waals surface area contributed by atoms with Gasteiger partial charge in [-0.05, 0) is 50.5 Å². The van der Waals surface area contributed by atoms with Gasteiger partial charge < -0.3 is 4.90 Å². The third-order valence-electron chi connectivity index (χ3n) is 5.76. The molecule has 0 unspecified atom stereocenters. The number of nitrogens with zero attached hydrogens (tertiary/aromatic N) is 3. The number of amides is 1. The topological polar surface area (TPSA) is 52.2 Å². The van der Waals surface area contributed by atoms with Crippen LogP contribution in [0.1, 0.15) is 48.3 Å². The van der Waals surface area contributed by atoms with Crippen LogP contribution in [0, 0.1) is 18.8 Å². The highest BCUT2D eigenvalue weighted by Crippen LogP contribution is 2.33. The molecule has 0 radical (unpaired) electrons. The van der Waals surface area contributed by atoms with Gasteiger partial charge in [-0.2, -0.15) is 5.10 Å². The lowest BCUT2D eigenvalue weighted by Crippen LogP contribution is -2.47. The number of hydrogen-bond donors (Lipinski definition) is 1. The first-order chi connectivity index (χ1) is 10.7. The van der Waals surface area contributed by atoms with Crippen LogP contribution in [0.15, 0.2) is 6.07 Å². The Balaban J connectivity index is 1.46. The van der Waals surface area contributed by atoms with Gasteiger partial charge in [0.2, 0.25) is 0 Å². The molecule has 22 heavy (non-hydrogen) atoms. The largest absolute Gasteiger partial charge is 0.335 e. The van der Waals surface area contributed by atoms with E-state index in [4.69, 9.17) is 0 Å². The molecule has 120 valence electrons. The summed E-state index contributed by atoms with van der Waals surface area (Å²) in [7, 11) is 0. The lowest BCUT2D eigenvalue weighted by molar-refractivity contribution is 0.0712. The van der Waals surface area contributed by atoms with Gasteiger partial charge in [-0.15, -0.1) is 0 Å². The predicted molar refractivity (Wildman–Crippen MR) is 84.7 cm³/mol. The summed E-state index contributed by atoms with van der Waals surface area (Å²) in [5.41, 5.74) is 1.53. The molecule has 1 amide bonds. The number of H-pyrrole nitrogens is 1. The summed E-state index contributed by atoms with van der Waals surface area (Å²) in [5.74, 6) is 1.66. The van der Waals surface area contributed by atoms with Crippen LogP contribution in [0.4, 0.5) is 0 Å². The van der Waals surface area contributed by atoms with Crippen molar-refractivity contribution in [3.05, 3.63) is 17.5 Å². The molecule has 1 saturated carbocycles. The Kier molecular flexibility index (Phi) is 3.68. The number of nitrogens with one attached hydrogen (secondary N) is 1. The highest BCUT2D eigenvalue weighted by molar-refractivity contribution is 5.92. The Morgan fingerprint density at radius 1 is 1.27 bits per heavy atom. The van der Waals surface area contributed by atoms with Crippen molar-refractivity contribution in [3.8, 4) is 0 Å². The number of carbonyl (C=O) groups excluding carboxylic acids is 1. The smallest absolute Gasteiger partial charge is 0.274 e. The molecule has 4 aliphatic rings. The van der Waals surface area contributed by atoms with Gasteiger partial charge in [0.15, 0.2) is 0 Å². The van der Waals surface area contributed by atoms with Crippen molar-refractivity contribution in [2.45, 2.75) is 45.1 Å². The van der Waals surface area contributed by atoms with Gasteiger partial charge in [-0.1, -0.05) is 6.42 Å². The van der Waals surface area contributed by atoms with E-state index in [1.807, 2.05) is 13.0 Å². The van der Waals surface area contributed by atoms with Crippen LogP contribution in [0.2, 0.25) is 0 Å². The van der Waals surface area contributed by atoms with Crippen molar-refractivity contribution >= 4 is 5.91 Å². The molecular weight excluding hydrogens is 276 g/mol. The molecule has 3 aliphatic heterocycles. The molecule has 2 bridgehead atoms. The lowest BCUT2D eigenvalue weighted by atomic mass is 9.83. The van der Waals surface area contributed by atoms with Crippen LogP contribution in [-0.4, -0.2) is 58.1 Å². The summed E-state index contributed by atoms with van der Waals surface area (Å²) in [4.78, 5) is 17.4. The van der Waals surface area contributed by atoms with E-state index in [-0.39, 0.29) is 5.91 Å². The fourth-order valence-corrected chi connectivity index (χ4v) is 4.27. The quantitative estimate of drug-likeness (QED) is 0.930. The number of carbonyl (C=O) groups is 1. The molecule has 4 heterocycles. The van der Waals surface area contributed by atoms with Gasteiger partial charge in [0.05, 0.1) is 0 Å². The maximum atomic E-state index is 12.7. The van der Waals surface area contributed by atoms with E-state index in [0.29, 0.717) is 17.7 Å². The van der Waals surface area contributed by atoms with E-state index < -0.39 is 0 Å². The fourth-order valence-electron chi connectivity index (χ4n) is 4.27. The van der Waals surface area contributed by atoms with Gasteiger partial charge in [-0.3, -0.25) is 14.8 Å². The average molecular weight is 302 g/mol. The summed E-state index contributed by atoms with van der Waals surface area (Å²) in [6.07, 6.45) is 6.75. The number of fused-ring (bicyclic) bond motifs is 4. The van der Waals surface area contributed by atoms with Crippen LogP contribution in [0.5, 0.6) is 0 Å². The molecule has 3 saturated heterocycles. The number of piperidine rings is 1. The number of aryl methyl sites for hydroxylation is 1. The van der Waals surface area contributed by atoms with Crippen molar-refractivity contribution in [1.29, 1.82) is 0 Å². The number of rotatable bonds is 3. The molecule has 1 N–H and O–H groups in total. The van der Waals surface area contributed by atoms with E-state index in [2.05, 4.69) is 20.0 Å². The SMILES string of the molecule is Cc1cc(C(=O)N2C[C@H]3CC[C@@H](C2)N(CC2CCC2)C3)n[nH]1. The maximum Gasteiger partial charge on any atom is 0.274 e. The van der Waals surface area contributed by atoms with Crippen LogP contribution >= 0.6 is 0 Å². The molecule has 1 aliphatic carbocycles. The summed E-state index contributed by atoms with van der Waals surface area (Å²) < 4.78 is 0. The number of aromatic amines is 1. The van der Waals surface area contributed by atoms with Crippen LogP contribution in [0.3, 0.4) is 0 Å². The second-order valence-corrected chi connectivity index (χ2v) is 7.49. The monoisotopic (exact) mass is 302 g/mol. The first kappa shape index (κ1) is 14.2. The predicted octanol–water partition coefficient (Wildman–Crippen LogP) is 2.05. The molecule has 2 atom stereocenters. The van der Waals surface area contributed by atoms with Crippen molar-refractivity contribution in [2.24, 2.45) is 11.8 Å². The van der Waals surface area contributed by atoms with Crippen molar-refractivity contribution in [1.82, 2.24) is 20.0 Å². The Hall–Kier alpha value is -1.36. The third kappa shape index (κ3) is 2.67. The highest BCUT2D eigenvalue weighted by atomic mass is 16.2. The van der Waals surface area contributed by atoms with Gasteiger partial charge in [0.25, 0.3) is 5.91 Å². The van der Waals surface area contributed by atoms with E-state index >= 15 is 0 Å². The maximum absolute atomic E-state index is 12.7. The molecule has 5 nitrogen and oxygen atoms in total. The van der Waals surface area contributed by atoms with Crippen LogP contribution in [-0.2, 0) is 0 Å². The van der Waals surface area contributed by atoms with Gasteiger partial charge in [0.1, 0.15) is 5.69 Å². The Morgan fingerprint density at radius 3 is 2.82 bits per heavy atom. The number of hydrogen-bond acceptors (Lipinski definition) is 3. The minimum Gasteiger partial charge on any atom is -0.335 e. The summed E-state index contributed by atoms with van der Waals surface area (Å²) in [5, 5.41) is 7.04. The zero-order chi connectivity index (χ0) is 15.1. The molecule has 0 aromatic carbocycles. The van der Waals surface area contributed by atoms with Crippen molar-refractivity contribution in [2.75, 3.05) is 26.2 Å². The zero-order valence-corrected chi connectivity index (χ0v) is 13.4. The Labute approximate surface area is 132 Å². The molecule has 5 heteroatoms. The minimum atomic E-state index is 0.103. The second kappa shape index (κ2) is 5.69. The van der Waals surface area contributed by atoms with E-state index in [1.54, 1.807) is 0 Å². The van der Waals surface area contributed by atoms with Gasteiger partial charge >= 0.3 is 0 Å². The first-order valence-corrected chi connectivity index (χ1v) is 8.74. The van der Waals surface area contributed by atoms with E-state index in [0.717, 1.165) is 24.7 Å². The second-order valence-electron chi connectivity index (χ2n) is 7.49. The molecule has 1 aromatic heterocycles. The van der Waals surface area contributed by atoms with E-state index in [9.17, 15) is 4.79 Å². The van der Waals surface area contributed by atoms with Crippen LogP contribution in [0.25, 0.3) is 0 Å². The molecule has 4 fully saturated rings. The first-order valence-electron chi connectivity index (χ1n) is 8.74. The standard InChI is InChI=1S/C17H26N4O/c1-12-7-16(19-18-12)17(22)21-10-14-5-6-15(11-21)20(9-14)8-13-3-2-4-13/h7,13-15H,2-6,8-11H2,1H3,(H,18,19)/t14-,15-/m0/s1.